The van der Waals surface area contributed by atoms with Crippen molar-refractivity contribution in [2.75, 3.05) is 5.32 Å². The predicted octanol–water partition coefficient (Wildman–Crippen LogP) is 4.98. The van der Waals surface area contributed by atoms with Crippen LogP contribution in [0, 0.1) is 10.1 Å². The molecule has 0 aliphatic rings. The second-order valence-electron chi connectivity index (χ2n) is 6.79. The van der Waals surface area contributed by atoms with Gasteiger partial charge in [0.15, 0.2) is 6.10 Å². The molecule has 1 aromatic heterocycles. The number of non-ortho nitro benzene ring substituents is 1. The zero-order valence-electron chi connectivity index (χ0n) is 17.4. The van der Waals surface area contributed by atoms with Gasteiger partial charge in [-0.1, -0.05) is 18.2 Å². The number of nitro groups is 1. The molecule has 0 saturated heterocycles. The number of rotatable bonds is 7. The van der Waals surface area contributed by atoms with Crippen LogP contribution < -0.4 is 10.1 Å². The van der Waals surface area contributed by atoms with Crippen LogP contribution in [0.4, 0.5) is 24.5 Å². The van der Waals surface area contributed by atoms with Crippen LogP contribution in [0.3, 0.4) is 0 Å². The van der Waals surface area contributed by atoms with Gasteiger partial charge in [0, 0.05) is 18.3 Å². The molecule has 0 aliphatic heterocycles. The third kappa shape index (κ3) is 5.85. The molecule has 1 unspecified atom stereocenters. The second-order valence-corrected chi connectivity index (χ2v) is 6.79. The van der Waals surface area contributed by atoms with Gasteiger partial charge in [0.1, 0.15) is 11.3 Å². The number of pyridine rings is 1. The van der Waals surface area contributed by atoms with E-state index in [1.54, 1.807) is 30.3 Å². The fourth-order valence-corrected chi connectivity index (χ4v) is 2.73. The molecule has 0 fully saturated rings. The Morgan fingerprint density at radius 3 is 2.44 bits per heavy atom. The Hall–Kier alpha value is -4.48. The predicted molar refractivity (Wildman–Crippen MR) is 112 cm³/mol. The molecule has 0 spiro atoms. The molecule has 0 bridgehead atoms. The lowest BCUT2D eigenvalue weighted by Crippen LogP contribution is -2.31. The average Bonchev–Trinajstić information content (AvgIpc) is 2.79. The van der Waals surface area contributed by atoms with E-state index in [2.05, 4.69) is 4.98 Å². The number of amides is 1. The third-order valence-electron chi connectivity index (χ3n) is 4.38. The van der Waals surface area contributed by atoms with Crippen LogP contribution in [0.1, 0.15) is 22.8 Å². The van der Waals surface area contributed by atoms with Crippen molar-refractivity contribution in [2.45, 2.75) is 19.2 Å². The summed E-state index contributed by atoms with van der Waals surface area (Å²) < 4.78 is 50.6. The Kier molecular flexibility index (Phi) is 7.09. The summed E-state index contributed by atoms with van der Waals surface area (Å²) in [5.74, 6) is -1.79. The maximum Gasteiger partial charge on any atom is 0.418 e. The molecule has 9 nitrogen and oxygen atoms in total. The van der Waals surface area contributed by atoms with Crippen molar-refractivity contribution in [1.29, 1.82) is 0 Å². The minimum Gasteiger partial charge on any atom is -0.449 e. The average molecular weight is 475 g/mol. The standard InChI is InChI=1S/C22H16F3N3O6/c1-13(19(29)27-18-10-9-14(28(31)32)12-17(18)22(23,24)25)33-21(30)16-8-5-11-26-20(16)34-15-6-3-2-4-7-15/h2-13H,1H3,(H,27,29). The first kappa shape index (κ1) is 24.2. The highest BCUT2D eigenvalue weighted by molar-refractivity contribution is 5.98. The summed E-state index contributed by atoms with van der Waals surface area (Å²) in [4.78, 5) is 38.8. The van der Waals surface area contributed by atoms with Gasteiger partial charge in [0.2, 0.25) is 5.88 Å². The Morgan fingerprint density at radius 1 is 1.09 bits per heavy atom. The van der Waals surface area contributed by atoms with Crippen molar-refractivity contribution in [2.24, 2.45) is 0 Å². The van der Waals surface area contributed by atoms with Gasteiger partial charge in [-0.2, -0.15) is 13.2 Å². The van der Waals surface area contributed by atoms with Crippen LogP contribution in [0.2, 0.25) is 0 Å². The summed E-state index contributed by atoms with van der Waals surface area (Å²) in [6.07, 6.45) is -5.12. The molecule has 1 amide bonds. The molecule has 3 rings (SSSR count). The molecule has 2 aromatic carbocycles. The number of ether oxygens (including phenoxy) is 2. The van der Waals surface area contributed by atoms with Crippen LogP contribution in [0.25, 0.3) is 0 Å². The largest absolute Gasteiger partial charge is 0.449 e. The Labute approximate surface area is 190 Å². The lowest BCUT2D eigenvalue weighted by Gasteiger charge is -2.17. The van der Waals surface area contributed by atoms with Crippen LogP contribution in [0.5, 0.6) is 11.6 Å². The number of anilines is 1. The van der Waals surface area contributed by atoms with Crippen molar-refractivity contribution in [3.63, 3.8) is 0 Å². The summed E-state index contributed by atoms with van der Waals surface area (Å²) in [5.41, 5.74) is -3.05. The van der Waals surface area contributed by atoms with Gasteiger partial charge < -0.3 is 14.8 Å². The molecule has 1 N–H and O–H groups in total. The van der Waals surface area contributed by atoms with E-state index in [4.69, 9.17) is 9.47 Å². The molecule has 176 valence electrons. The van der Waals surface area contributed by atoms with E-state index in [-0.39, 0.29) is 11.4 Å². The number of benzene rings is 2. The van der Waals surface area contributed by atoms with Gasteiger partial charge >= 0.3 is 12.1 Å². The van der Waals surface area contributed by atoms with Gasteiger partial charge in [-0.3, -0.25) is 14.9 Å². The maximum absolute atomic E-state index is 13.3. The first-order valence-corrected chi connectivity index (χ1v) is 9.61. The molecule has 34 heavy (non-hydrogen) atoms. The quantitative estimate of drug-likeness (QED) is 0.290. The summed E-state index contributed by atoms with van der Waals surface area (Å²) in [7, 11) is 0. The molecule has 3 aromatic rings. The van der Waals surface area contributed by atoms with Gasteiger partial charge in [0.25, 0.3) is 11.6 Å². The van der Waals surface area contributed by atoms with E-state index in [0.29, 0.717) is 11.8 Å². The zero-order valence-corrected chi connectivity index (χ0v) is 17.4. The second kappa shape index (κ2) is 9.98. The van der Waals surface area contributed by atoms with Crippen molar-refractivity contribution < 1.29 is 37.2 Å². The van der Waals surface area contributed by atoms with Crippen molar-refractivity contribution in [3.05, 3.63) is 88.1 Å². The first-order valence-electron chi connectivity index (χ1n) is 9.61. The minimum atomic E-state index is -4.98. The summed E-state index contributed by atoms with van der Waals surface area (Å²) in [5, 5.41) is 12.8. The molecule has 1 atom stereocenters. The number of alkyl halides is 3. The number of carbonyl (C=O) groups excluding carboxylic acids is 2. The zero-order chi connectivity index (χ0) is 24.9. The summed E-state index contributed by atoms with van der Waals surface area (Å²) in [6, 6.07) is 13.1. The van der Waals surface area contributed by atoms with Gasteiger partial charge in [0.05, 0.1) is 16.2 Å². The summed E-state index contributed by atoms with van der Waals surface area (Å²) >= 11 is 0. The lowest BCUT2D eigenvalue weighted by atomic mass is 10.1. The SMILES string of the molecule is CC(OC(=O)c1cccnc1Oc1ccccc1)C(=O)Nc1ccc([N+](=O)[O-])cc1C(F)(F)F. The number of esters is 1. The number of nitrogens with one attached hydrogen (secondary N) is 1. The Bertz CT molecular complexity index is 1220. The molecule has 0 aliphatic carbocycles. The van der Waals surface area contributed by atoms with Crippen LogP contribution in [-0.4, -0.2) is 27.9 Å². The molecule has 0 saturated carbocycles. The lowest BCUT2D eigenvalue weighted by molar-refractivity contribution is -0.385. The van der Waals surface area contributed by atoms with Crippen LogP contribution in [-0.2, 0) is 15.7 Å². The highest BCUT2D eigenvalue weighted by atomic mass is 19.4. The monoisotopic (exact) mass is 475 g/mol. The van der Waals surface area contributed by atoms with E-state index in [0.717, 1.165) is 19.1 Å². The molecular weight excluding hydrogens is 459 g/mol. The highest BCUT2D eigenvalue weighted by Crippen LogP contribution is 2.37. The van der Waals surface area contributed by atoms with E-state index >= 15 is 0 Å². The van der Waals surface area contributed by atoms with Crippen molar-refractivity contribution in [1.82, 2.24) is 4.98 Å². The van der Waals surface area contributed by atoms with Gasteiger partial charge in [-0.05, 0) is 37.3 Å². The normalized spacial score (nSPS) is 11.9. The summed E-state index contributed by atoms with van der Waals surface area (Å²) in [6.45, 7) is 1.15. The smallest absolute Gasteiger partial charge is 0.418 e. The number of carbonyl (C=O) groups is 2. The number of aromatic nitrogens is 1. The number of para-hydroxylation sites is 1. The fourth-order valence-electron chi connectivity index (χ4n) is 2.73. The number of halogens is 3. The van der Waals surface area contributed by atoms with E-state index < -0.39 is 46.0 Å². The third-order valence-corrected chi connectivity index (χ3v) is 4.38. The van der Waals surface area contributed by atoms with Crippen LogP contribution in [0.15, 0.2) is 66.9 Å². The number of hydrogen-bond donors (Lipinski definition) is 1. The number of nitro benzene ring substituents is 1. The van der Waals surface area contributed by atoms with E-state index in [9.17, 15) is 32.9 Å². The minimum absolute atomic E-state index is 0.0963. The van der Waals surface area contributed by atoms with Crippen molar-refractivity contribution in [3.8, 4) is 11.6 Å². The number of nitrogens with zero attached hydrogens (tertiary/aromatic N) is 2. The van der Waals surface area contributed by atoms with Gasteiger partial charge in [-0.25, -0.2) is 9.78 Å². The van der Waals surface area contributed by atoms with E-state index in [1.165, 1.54) is 18.3 Å². The van der Waals surface area contributed by atoms with Crippen molar-refractivity contribution >= 4 is 23.3 Å². The molecular formula is C22H16F3N3O6. The maximum atomic E-state index is 13.3. The fraction of sp³-hybridized carbons (Fsp3) is 0.136. The highest BCUT2D eigenvalue weighted by Gasteiger charge is 2.36. The first-order chi connectivity index (χ1) is 16.1. The molecule has 12 heteroatoms. The number of hydrogen-bond acceptors (Lipinski definition) is 7. The van der Waals surface area contributed by atoms with Gasteiger partial charge in [-0.15, -0.1) is 0 Å². The van der Waals surface area contributed by atoms with E-state index in [1.807, 2.05) is 5.32 Å². The Morgan fingerprint density at radius 2 is 1.79 bits per heavy atom. The molecule has 0 radical (unpaired) electrons. The topological polar surface area (TPSA) is 121 Å². The molecule has 1 heterocycles. The Balaban J connectivity index is 1.75. The van der Waals surface area contributed by atoms with Crippen LogP contribution >= 0.6 is 0 Å².